The lowest BCUT2D eigenvalue weighted by atomic mass is 9.92. The minimum absolute atomic E-state index is 0.101. The predicted molar refractivity (Wildman–Crippen MR) is 94.3 cm³/mol. The average molecular weight is 344 g/mol. The normalized spacial score (nSPS) is 22.6. The number of likely N-dealkylation sites (tertiary alicyclic amines) is 1. The SMILES string of the molecule is Fc1ccccc1CN1CC2(C[C@@H](OCc3ccncc3)CS2)C1. The highest BCUT2D eigenvalue weighted by Gasteiger charge is 2.49. The van der Waals surface area contributed by atoms with Gasteiger partial charge in [-0.1, -0.05) is 18.2 Å². The van der Waals surface area contributed by atoms with Gasteiger partial charge < -0.3 is 4.74 Å². The fraction of sp³-hybridized carbons (Fsp3) is 0.421. The van der Waals surface area contributed by atoms with Crippen LogP contribution in [0.25, 0.3) is 0 Å². The van der Waals surface area contributed by atoms with E-state index < -0.39 is 0 Å². The maximum atomic E-state index is 13.7. The van der Waals surface area contributed by atoms with Crippen LogP contribution in [0.1, 0.15) is 17.5 Å². The van der Waals surface area contributed by atoms with Crippen LogP contribution in [-0.4, -0.2) is 39.6 Å². The molecule has 4 rings (SSSR count). The van der Waals surface area contributed by atoms with Crippen molar-refractivity contribution in [3.05, 3.63) is 65.7 Å². The zero-order valence-electron chi connectivity index (χ0n) is 13.5. The maximum absolute atomic E-state index is 13.7. The molecule has 126 valence electrons. The average Bonchev–Trinajstić information content (AvgIpc) is 3.00. The van der Waals surface area contributed by atoms with Crippen molar-refractivity contribution < 1.29 is 9.13 Å². The van der Waals surface area contributed by atoms with Crippen LogP contribution >= 0.6 is 11.8 Å². The molecule has 0 bridgehead atoms. The summed E-state index contributed by atoms with van der Waals surface area (Å²) < 4.78 is 20.1. The Morgan fingerprint density at radius 2 is 2.00 bits per heavy atom. The minimum Gasteiger partial charge on any atom is -0.373 e. The van der Waals surface area contributed by atoms with Crippen LogP contribution in [-0.2, 0) is 17.9 Å². The summed E-state index contributed by atoms with van der Waals surface area (Å²) in [5, 5.41) is 0. The van der Waals surface area contributed by atoms with Crippen LogP contribution in [0.5, 0.6) is 0 Å². The van der Waals surface area contributed by atoms with Gasteiger partial charge in [0.15, 0.2) is 0 Å². The van der Waals surface area contributed by atoms with Crippen molar-refractivity contribution in [2.45, 2.75) is 30.4 Å². The first-order valence-corrected chi connectivity index (χ1v) is 9.31. The smallest absolute Gasteiger partial charge is 0.127 e. The second-order valence-corrected chi connectivity index (χ2v) is 8.21. The molecule has 24 heavy (non-hydrogen) atoms. The van der Waals surface area contributed by atoms with Gasteiger partial charge in [0.25, 0.3) is 0 Å². The maximum Gasteiger partial charge on any atom is 0.127 e. The van der Waals surface area contributed by atoms with Crippen molar-refractivity contribution in [2.24, 2.45) is 0 Å². The summed E-state index contributed by atoms with van der Waals surface area (Å²) in [6, 6.07) is 11.1. The molecule has 1 aromatic carbocycles. The van der Waals surface area contributed by atoms with Crippen LogP contribution in [0.3, 0.4) is 0 Å². The van der Waals surface area contributed by atoms with Gasteiger partial charge >= 0.3 is 0 Å². The molecule has 1 atom stereocenters. The molecular weight excluding hydrogens is 323 g/mol. The number of hydrogen-bond donors (Lipinski definition) is 0. The molecule has 2 aliphatic heterocycles. The van der Waals surface area contributed by atoms with Gasteiger partial charge in [0.1, 0.15) is 5.82 Å². The second-order valence-electron chi connectivity index (χ2n) is 6.72. The monoisotopic (exact) mass is 344 g/mol. The van der Waals surface area contributed by atoms with Gasteiger partial charge in [-0.05, 0) is 30.2 Å². The second kappa shape index (κ2) is 6.82. The van der Waals surface area contributed by atoms with Gasteiger partial charge in [0.05, 0.1) is 12.7 Å². The summed E-state index contributed by atoms with van der Waals surface area (Å²) >= 11 is 2.02. The van der Waals surface area contributed by atoms with E-state index in [4.69, 9.17) is 4.74 Å². The van der Waals surface area contributed by atoms with E-state index in [1.54, 1.807) is 18.5 Å². The quantitative estimate of drug-likeness (QED) is 0.829. The van der Waals surface area contributed by atoms with Gasteiger partial charge in [0.2, 0.25) is 0 Å². The van der Waals surface area contributed by atoms with E-state index in [9.17, 15) is 4.39 Å². The van der Waals surface area contributed by atoms with Gasteiger partial charge in [-0.15, -0.1) is 11.8 Å². The zero-order chi connectivity index (χ0) is 16.4. The molecule has 2 aliphatic rings. The molecule has 2 fully saturated rings. The number of nitrogens with zero attached hydrogens (tertiary/aromatic N) is 2. The minimum atomic E-state index is -0.101. The summed E-state index contributed by atoms with van der Waals surface area (Å²) in [6.07, 6.45) is 5.02. The predicted octanol–water partition coefficient (Wildman–Crippen LogP) is 3.50. The van der Waals surface area contributed by atoms with Gasteiger partial charge in [0, 0.05) is 48.1 Å². The molecule has 2 saturated heterocycles. The molecule has 3 nitrogen and oxygen atoms in total. The Labute approximate surface area is 146 Å². The molecule has 0 unspecified atom stereocenters. The molecule has 0 radical (unpaired) electrons. The van der Waals surface area contributed by atoms with E-state index in [2.05, 4.69) is 9.88 Å². The lowest BCUT2D eigenvalue weighted by molar-refractivity contribution is 0.0262. The highest BCUT2D eigenvalue weighted by molar-refractivity contribution is 8.01. The van der Waals surface area contributed by atoms with Crippen molar-refractivity contribution in [3.63, 3.8) is 0 Å². The third-order valence-corrected chi connectivity index (χ3v) is 6.36. The highest BCUT2D eigenvalue weighted by Crippen LogP contribution is 2.46. The van der Waals surface area contributed by atoms with Crippen molar-refractivity contribution >= 4 is 11.8 Å². The van der Waals surface area contributed by atoms with E-state index in [1.165, 1.54) is 11.6 Å². The Bertz CT molecular complexity index is 691. The molecule has 1 spiro atoms. The third kappa shape index (κ3) is 3.48. The topological polar surface area (TPSA) is 25.4 Å². The van der Waals surface area contributed by atoms with Crippen molar-refractivity contribution in [1.29, 1.82) is 0 Å². The highest BCUT2D eigenvalue weighted by atomic mass is 32.2. The number of hydrogen-bond acceptors (Lipinski definition) is 4. The Kier molecular flexibility index (Phi) is 4.57. The number of thioether (sulfide) groups is 1. The first kappa shape index (κ1) is 16.1. The largest absolute Gasteiger partial charge is 0.373 e. The van der Waals surface area contributed by atoms with Crippen LogP contribution in [0, 0.1) is 5.82 Å². The molecule has 1 aromatic heterocycles. The zero-order valence-corrected chi connectivity index (χ0v) is 14.3. The standard InChI is InChI=1S/C19H21FN2OS/c20-18-4-2-1-3-16(18)10-22-13-19(14-22)9-17(12-24-19)23-11-15-5-7-21-8-6-15/h1-8,17H,9-14H2/t17-/m1/s1. The molecule has 3 heterocycles. The number of rotatable bonds is 5. The third-order valence-electron chi connectivity index (χ3n) is 4.79. The Hall–Kier alpha value is -1.43. The van der Waals surface area contributed by atoms with E-state index in [0.29, 0.717) is 24.0 Å². The Morgan fingerprint density at radius 1 is 1.21 bits per heavy atom. The lowest BCUT2D eigenvalue weighted by Crippen LogP contribution is -2.58. The summed E-state index contributed by atoms with van der Waals surface area (Å²) in [5.74, 6) is 0.953. The number of ether oxygens (including phenoxy) is 1. The number of aromatic nitrogens is 1. The summed E-state index contributed by atoms with van der Waals surface area (Å²) in [4.78, 5) is 6.36. The van der Waals surface area contributed by atoms with Crippen molar-refractivity contribution in [1.82, 2.24) is 9.88 Å². The van der Waals surface area contributed by atoms with Gasteiger partial charge in [-0.3, -0.25) is 9.88 Å². The van der Waals surface area contributed by atoms with Crippen molar-refractivity contribution in [2.75, 3.05) is 18.8 Å². The van der Waals surface area contributed by atoms with Crippen LogP contribution in [0.4, 0.5) is 4.39 Å². The fourth-order valence-corrected chi connectivity index (χ4v) is 5.18. The first-order valence-electron chi connectivity index (χ1n) is 8.33. The Morgan fingerprint density at radius 3 is 2.79 bits per heavy atom. The molecular formula is C19H21FN2OS. The summed E-state index contributed by atoms with van der Waals surface area (Å²) in [6.45, 7) is 3.42. The number of benzene rings is 1. The lowest BCUT2D eigenvalue weighted by Gasteiger charge is -2.47. The van der Waals surface area contributed by atoms with Crippen LogP contribution in [0.15, 0.2) is 48.8 Å². The number of halogens is 1. The van der Waals surface area contributed by atoms with E-state index in [1.807, 2.05) is 36.0 Å². The summed E-state index contributed by atoms with van der Waals surface area (Å²) in [7, 11) is 0. The molecule has 0 aliphatic carbocycles. The van der Waals surface area contributed by atoms with Crippen molar-refractivity contribution in [3.8, 4) is 0 Å². The first-order chi connectivity index (χ1) is 11.7. The van der Waals surface area contributed by atoms with Gasteiger partial charge in [-0.25, -0.2) is 4.39 Å². The molecule has 2 aromatic rings. The van der Waals surface area contributed by atoms with Gasteiger partial charge in [-0.2, -0.15) is 0 Å². The molecule has 5 heteroatoms. The van der Waals surface area contributed by atoms with E-state index >= 15 is 0 Å². The van der Waals surface area contributed by atoms with E-state index in [0.717, 1.165) is 30.8 Å². The van der Waals surface area contributed by atoms with Crippen LogP contribution < -0.4 is 0 Å². The van der Waals surface area contributed by atoms with Crippen LogP contribution in [0.2, 0.25) is 0 Å². The number of pyridine rings is 1. The molecule has 0 amide bonds. The molecule has 0 N–H and O–H groups in total. The Balaban J connectivity index is 1.25. The van der Waals surface area contributed by atoms with E-state index in [-0.39, 0.29) is 5.82 Å². The summed E-state index contributed by atoms with van der Waals surface area (Å²) in [5.41, 5.74) is 1.96. The fourth-order valence-electron chi connectivity index (χ4n) is 3.57. The molecule has 0 saturated carbocycles.